The lowest BCUT2D eigenvalue weighted by atomic mass is 9.96. The Labute approximate surface area is 96.7 Å². The van der Waals surface area contributed by atoms with Crippen LogP contribution >= 0.6 is 0 Å². The molecular weight excluding hydrogens is 198 g/mol. The summed E-state index contributed by atoms with van der Waals surface area (Å²) in [5, 5.41) is 0. The number of carbonyl (C=O) groups excluding carboxylic acids is 1. The van der Waals surface area contributed by atoms with Crippen LogP contribution in [0.25, 0.3) is 0 Å². The quantitative estimate of drug-likeness (QED) is 0.710. The summed E-state index contributed by atoms with van der Waals surface area (Å²) >= 11 is 0. The number of nitrogens with zero attached hydrogens (tertiary/aromatic N) is 1. The average Bonchev–Trinajstić information content (AvgIpc) is 2.71. The maximum absolute atomic E-state index is 11.7. The van der Waals surface area contributed by atoms with Crippen molar-refractivity contribution in [1.82, 2.24) is 4.57 Å². The summed E-state index contributed by atoms with van der Waals surface area (Å²) in [5.74, 6) is 3.09. The molecule has 1 heterocycles. The van der Waals surface area contributed by atoms with Gasteiger partial charge < -0.3 is 4.57 Å². The van der Waals surface area contributed by atoms with Gasteiger partial charge in [-0.2, -0.15) is 0 Å². The molecule has 16 heavy (non-hydrogen) atoms. The van der Waals surface area contributed by atoms with E-state index in [0.29, 0.717) is 6.42 Å². The summed E-state index contributed by atoms with van der Waals surface area (Å²) in [6.45, 7) is 2.13. The van der Waals surface area contributed by atoms with Crippen LogP contribution in [0.2, 0.25) is 0 Å². The number of hydrogen-bond donors (Lipinski definition) is 0. The Bertz CT molecular complexity index is 436. The highest BCUT2D eigenvalue weighted by atomic mass is 16.1. The van der Waals surface area contributed by atoms with Gasteiger partial charge in [-0.15, -0.1) is 6.42 Å². The van der Waals surface area contributed by atoms with Gasteiger partial charge in [-0.05, 0) is 25.3 Å². The number of terminal acetylenes is 1. The third-order valence-corrected chi connectivity index (χ3v) is 3.23. The molecule has 0 saturated carbocycles. The molecule has 1 aliphatic carbocycles. The van der Waals surface area contributed by atoms with Gasteiger partial charge in [0, 0.05) is 23.9 Å². The average molecular weight is 215 g/mol. The molecule has 1 atom stereocenters. The van der Waals surface area contributed by atoms with E-state index in [2.05, 4.69) is 17.4 Å². The maximum Gasteiger partial charge on any atom is 0.164 e. The molecule has 0 saturated heterocycles. The van der Waals surface area contributed by atoms with Gasteiger partial charge >= 0.3 is 0 Å². The number of fused-ring (bicyclic) bond motifs is 1. The van der Waals surface area contributed by atoms with Crippen molar-refractivity contribution >= 4 is 5.78 Å². The summed E-state index contributed by atoms with van der Waals surface area (Å²) < 4.78 is 2.12. The van der Waals surface area contributed by atoms with Gasteiger partial charge in [-0.1, -0.05) is 19.3 Å². The molecule has 2 heteroatoms. The first kappa shape index (κ1) is 11.0. The van der Waals surface area contributed by atoms with Crippen molar-refractivity contribution in [2.24, 2.45) is 0 Å². The summed E-state index contributed by atoms with van der Waals surface area (Å²) in [7, 11) is 0. The molecule has 0 radical (unpaired) electrons. The monoisotopic (exact) mass is 215 g/mol. The molecule has 0 bridgehead atoms. The Morgan fingerprint density at radius 3 is 3.06 bits per heavy atom. The molecule has 2 nitrogen and oxygen atoms in total. The molecule has 2 rings (SSSR count). The van der Waals surface area contributed by atoms with E-state index in [1.165, 1.54) is 0 Å². The second-order valence-electron chi connectivity index (χ2n) is 4.33. The molecule has 0 aliphatic heterocycles. The van der Waals surface area contributed by atoms with Crippen LogP contribution in [0, 0.1) is 12.3 Å². The highest BCUT2D eigenvalue weighted by Crippen LogP contribution is 2.26. The number of rotatable bonds is 3. The predicted molar refractivity (Wildman–Crippen MR) is 64.5 cm³/mol. The molecule has 0 N–H and O–H groups in total. The number of ketones is 1. The highest BCUT2D eigenvalue weighted by Gasteiger charge is 2.22. The van der Waals surface area contributed by atoms with Crippen LogP contribution < -0.4 is 0 Å². The highest BCUT2D eigenvalue weighted by molar-refractivity contribution is 5.98. The fraction of sp³-hybridized carbons (Fsp3) is 0.500. The number of aromatic nitrogens is 1. The smallest absolute Gasteiger partial charge is 0.164 e. The first-order valence-electron chi connectivity index (χ1n) is 5.97. The molecule has 0 fully saturated rings. The molecule has 0 aromatic carbocycles. The fourth-order valence-electron chi connectivity index (χ4n) is 2.42. The van der Waals surface area contributed by atoms with E-state index in [0.717, 1.165) is 36.9 Å². The van der Waals surface area contributed by atoms with Gasteiger partial charge in [0.1, 0.15) is 0 Å². The lowest BCUT2D eigenvalue weighted by Gasteiger charge is -2.19. The maximum atomic E-state index is 11.7. The van der Waals surface area contributed by atoms with Crippen molar-refractivity contribution in [2.75, 3.05) is 0 Å². The number of Topliss-reactive ketones (excluding diaryl/α,β-unsaturated/α-hetero) is 1. The minimum Gasteiger partial charge on any atom is -0.337 e. The van der Waals surface area contributed by atoms with Crippen LogP contribution in [-0.4, -0.2) is 10.4 Å². The van der Waals surface area contributed by atoms with Crippen molar-refractivity contribution in [3.63, 3.8) is 0 Å². The topological polar surface area (TPSA) is 22.0 Å². The van der Waals surface area contributed by atoms with Gasteiger partial charge in [0.05, 0.1) is 6.04 Å². The molecule has 1 aromatic heterocycles. The summed E-state index contributed by atoms with van der Waals surface area (Å²) in [6.07, 6.45) is 12.2. The third-order valence-electron chi connectivity index (χ3n) is 3.23. The Morgan fingerprint density at radius 1 is 1.56 bits per heavy atom. The van der Waals surface area contributed by atoms with Crippen molar-refractivity contribution in [1.29, 1.82) is 0 Å². The standard InChI is InChI=1S/C14H17NO/c1-3-6-11(4-2)15-10-9-12-13(15)7-5-8-14(12)16/h2,9-11H,3,5-8H2,1H3. The first-order valence-corrected chi connectivity index (χ1v) is 5.97. The van der Waals surface area contributed by atoms with Crippen LogP contribution in [0.5, 0.6) is 0 Å². The minimum absolute atomic E-state index is 0.111. The normalized spacial score (nSPS) is 16.6. The van der Waals surface area contributed by atoms with Crippen LogP contribution in [0.4, 0.5) is 0 Å². The second-order valence-corrected chi connectivity index (χ2v) is 4.33. The van der Waals surface area contributed by atoms with Crippen LogP contribution in [0.3, 0.4) is 0 Å². The van der Waals surface area contributed by atoms with Crippen molar-refractivity contribution in [2.45, 2.75) is 45.1 Å². The third kappa shape index (κ3) is 1.78. The van der Waals surface area contributed by atoms with E-state index >= 15 is 0 Å². The lowest BCUT2D eigenvalue weighted by molar-refractivity contribution is 0.0971. The Kier molecular flexibility index (Phi) is 3.14. The van der Waals surface area contributed by atoms with E-state index in [4.69, 9.17) is 6.42 Å². The zero-order valence-corrected chi connectivity index (χ0v) is 9.70. The molecule has 1 aliphatic rings. The SMILES string of the molecule is C#CC(CCC)n1ccc2c1CCCC2=O. The lowest BCUT2D eigenvalue weighted by Crippen LogP contribution is -2.15. The number of hydrogen-bond acceptors (Lipinski definition) is 1. The van der Waals surface area contributed by atoms with Crippen LogP contribution in [-0.2, 0) is 6.42 Å². The van der Waals surface area contributed by atoms with E-state index in [-0.39, 0.29) is 11.8 Å². The Balaban J connectivity index is 2.36. The van der Waals surface area contributed by atoms with E-state index in [1.54, 1.807) is 0 Å². The largest absolute Gasteiger partial charge is 0.337 e. The molecule has 0 spiro atoms. The zero-order chi connectivity index (χ0) is 11.5. The van der Waals surface area contributed by atoms with E-state index in [9.17, 15) is 4.79 Å². The van der Waals surface area contributed by atoms with Crippen molar-refractivity contribution in [3.05, 3.63) is 23.5 Å². The molecule has 0 amide bonds. The van der Waals surface area contributed by atoms with Gasteiger partial charge in [-0.25, -0.2) is 0 Å². The molecule has 1 aromatic rings. The van der Waals surface area contributed by atoms with E-state index < -0.39 is 0 Å². The van der Waals surface area contributed by atoms with Gasteiger partial charge in [0.2, 0.25) is 0 Å². The van der Waals surface area contributed by atoms with Gasteiger partial charge in [-0.3, -0.25) is 4.79 Å². The predicted octanol–water partition coefficient (Wildman–Crippen LogP) is 2.98. The fourth-order valence-corrected chi connectivity index (χ4v) is 2.42. The summed E-state index contributed by atoms with van der Waals surface area (Å²) in [6, 6.07) is 2.04. The molecule has 84 valence electrons. The Hall–Kier alpha value is -1.49. The molecule has 1 unspecified atom stereocenters. The number of carbonyl (C=O) groups is 1. The van der Waals surface area contributed by atoms with Crippen LogP contribution in [0.1, 0.15) is 54.7 Å². The summed E-state index contributed by atoms with van der Waals surface area (Å²) in [5.41, 5.74) is 2.04. The zero-order valence-electron chi connectivity index (χ0n) is 9.70. The van der Waals surface area contributed by atoms with Crippen molar-refractivity contribution < 1.29 is 4.79 Å². The Morgan fingerprint density at radius 2 is 2.38 bits per heavy atom. The summed E-state index contributed by atoms with van der Waals surface area (Å²) in [4.78, 5) is 11.7. The second kappa shape index (κ2) is 4.57. The minimum atomic E-state index is 0.111. The first-order chi connectivity index (χ1) is 7.77. The van der Waals surface area contributed by atoms with E-state index in [1.807, 2.05) is 12.3 Å². The van der Waals surface area contributed by atoms with Gasteiger partial charge in [0.15, 0.2) is 5.78 Å². The molecular formula is C14H17NO. The van der Waals surface area contributed by atoms with Crippen LogP contribution in [0.15, 0.2) is 12.3 Å². The van der Waals surface area contributed by atoms with Crippen molar-refractivity contribution in [3.8, 4) is 12.3 Å². The van der Waals surface area contributed by atoms with Gasteiger partial charge in [0.25, 0.3) is 0 Å².